The van der Waals surface area contributed by atoms with E-state index in [1.165, 1.54) is 6.08 Å². The summed E-state index contributed by atoms with van der Waals surface area (Å²) < 4.78 is 18.0. The summed E-state index contributed by atoms with van der Waals surface area (Å²) in [5.74, 6) is -1.31. The summed E-state index contributed by atoms with van der Waals surface area (Å²) in [5.41, 5.74) is 17.4. The van der Waals surface area contributed by atoms with Gasteiger partial charge in [-0.15, -0.1) is 6.58 Å². The van der Waals surface area contributed by atoms with Gasteiger partial charge in [-0.05, 0) is 77.8 Å². The monoisotopic (exact) mass is 857 g/mol. The molecule has 5 aromatic rings. The number of carbonyl (C=O) groups excluding carboxylic acids is 4. The Hall–Kier alpha value is -7.19. The minimum Gasteiger partial charge on any atom is -0.489 e. The number of hydrogen-bond acceptors (Lipinski definition) is 7. The Kier molecular flexibility index (Phi) is 18.1. The molecule has 63 heavy (non-hydrogen) atoms. The third kappa shape index (κ3) is 13.7. The Bertz CT molecular complexity index is 2380. The largest absolute Gasteiger partial charge is 0.489 e. The summed E-state index contributed by atoms with van der Waals surface area (Å²) in [6.07, 6.45) is 5.35. The zero-order valence-corrected chi connectivity index (χ0v) is 35.6. The molecule has 0 saturated carbocycles. The van der Waals surface area contributed by atoms with Crippen molar-refractivity contribution in [1.82, 2.24) is 16.0 Å². The number of nitrogens with one attached hydrogen (secondary N) is 4. The molecule has 14 nitrogen and oxygen atoms in total. The summed E-state index contributed by atoms with van der Waals surface area (Å²) in [5, 5.41) is 12.2. The third-order valence-corrected chi connectivity index (χ3v) is 10.3. The molecular weight excluding hydrogens is 799 g/mol. The second kappa shape index (κ2) is 24.3. The molecule has 3 atom stereocenters. The van der Waals surface area contributed by atoms with Crippen LogP contribution in [0.25, 0.3) is 32.7 Å². The maximum absolute atomic E-state index is 14.1. The molecule has 330 valence electrons. The Labute approximate surface area is 367 Å². The molecule has 0 saturated heterocycles. The lowest BCUT2D eigenvalue weighted by molar-refractivity contribution is -0.459. The summed E-state index contributed by atoms with van der Waals surface area (Å²) in [6, 6.07) is 29.5. The van der Waals surface area contributed by atoms with E-state index in [9.17, 15) is 19.2 Å². The summed E-state index contributed by atoms with van der Waals surface area (Å²) in [4.78, 5) is 57.7. The van der Waals surface area contributed by atoms with Crippen LogP contribution >= 0.6 is 0 Å². The van der Waals surface area contributed by atoms with Crippen LogP contribution in [-0.2, 0) is 30.5 Å². The molecule has 0 aliphatic heterocycles. The van der Waals surface area contributed by atoms with Crippen molar-refractivity contribution in [3.8, 4) is 22.6 Å². The maximum atomic E-state index is 14.1. The predicted molar refractivity (Wildman–Crippen MR) is 245 cm³/mol. The quantitative estimate of drug-likeness (QED) is 0.0150. The van der Waals surface area contributed by atoms with E-state index >= 15 is 0 Å². The molecule has 0 spiro atoms. The van der Waals surface area contributed by atoms with Gasteiger partial charge >= 0.3 is 11.9 Å². The summed E-state index contributed by atoms with van der Waals surface area (Å²) in [7, 11) is 0. The van der Waals surface area contributed by atoms with Crippen molar-refractivity contribution >= 4 is 51.2 Å². The van der Waals surface area contributed by atoms with Crippen LogP contribution in [0, 0.1) is 0 Å². The van der Waals surface area contributed by atoms with Crippen molar-refractivity contribution in [2.45, 2.75) is 63.3 Å². The van der Waals surface area contributed by atoms with E-state index in [2.05, 4.69) is 39.8 Å². The fourth-order valence-electron chi connectivity index (χ4n) is 7.14. The lowest BCUT2D eigenvalue weighted by atomic mass is 9.92. The average molecular weight is 858 g/mol. The number of hydrogen-bond donors (Lipinski definition) is 7. The van der Waals surface area contributed by atoms with E-state index in [1.807, 2.05) is 103 Å². The number of rotatable bonds is 25. The van der Waals surface area contributed by atoms with Crippen LogP contribution in [-0.4, -0.2) is 74.1 Å². The second-order valence-electron chi connectivity index (χ2n) is 14.9. The number of amides is 3. The van der Waals surface area contributed by atoms with Crippen molar-refractivity contribution in [2.24, 2.45) is 11.5 Å². The fraction of sp³-hybridized carbons (Fsp3) is 0.286. The van der Waals surface area contributed by atoms with E-state index in [1.54, 1.807) is 6.08 Å². The number of guanidine groups is 1. The number of fused-ring (bicyclic) bond motifs is 2. The molecule has 0 heterocycles. The lowest BCUT2D eigenvalue weighted by Gasteiger charge is -2.25. The molecule has 0 radical (unpaired) electrons. The molecule has 0 aliphatic carbocycles. The Balaban J connectivity index is 1.36. The van der Waals surface area contributed by atoms with Crippen LogP contribution in [0.4, 0.5) is 0 Å². The van der Waals surface area contributed by atoms with Gasteiger partial charge in [0.1, 0.15) is 42.8 Å². The van der Waals surface area contributed by atoms with Crippen molar-refractivity contribution in [1.29, 1.82) is 0 Å². The normalized spacial score (nSPS) is 12.3. The number of carbonyl (C=O) groups is 4. The summed E-state index contributed by atoms with van der Waals surface area (Å²) >= 11 is 0. The van der Waals surface area contributed by atoms with Crippen LogP contribution in [0.5, 0.6) is 11.5 Å². The number of unbranched alkanes of at least 4 members (excludes halogenated alkanes) is 1. The highest BCUT2D eigenvalue weighted by Gasteiger charge is 2.30. The molecule has 0 aliphatic rings. The molecule has 5 aromatic carbocycles. The third-order valence-electron chi connectivity index (χ3n) is 10.3. The van der Waals surface area contributed by atoms with Crippen LogP contribution in [0.3, 0.4) is 0 Å². The summed E-state index contributed by atoms with van der Waals surface area (Å²) in [6.45, 7) is 8.38. The van der Waals surface area contributed by atoms with Crippen LogP contribution in [0.15, 0.2) is 128 Å². The molecular formula is C49H59N7O7+2. The molecule has 0 bridgehead atoms. The first-order valence-corrected chi connectivity index (χ1v) is 21.2. The first-order valence-electron chi connectivity index (χ1n) is 21.2. The van der Waals surface area contributed by atoms with Crippen molar-refractivity contribution in [3.05, 3.63) is 134 Å². The van der Waals surface area contributed by atoms with Crippen LogP contribution in [0.1, 0.15) is 44.1 Å². The second-order valence-corrected chi connectivity index (χ2v) is 14.9. The zero-order chi connectivity index (χ0) is 45.0. The van der Waals surface area contributed by atoms with E-state index in [4.69, 9.17) is 25.7 Å². The van der Waals surface area contributed by atoms with Gasteiger partial charge in [-0.1, -0.05) is 110 Å². The van der Waals surface area contributed by atoms with E-state index in [0.717, 1.165) is 38.2 Å². The topological polar surface area (TPSA) is 226 Å². The van der Waals surface area contributed by atoms with E-state index in [-0.39, 0.29) is 38.4 Å². The van der Waals surface area contributed by atoms with Gasteiger partial charge in [0.2, 0.25) is 11.8 Å². The average Bonchev–Trinajstić information content (AvgIpc) is 3.29. The predicted octanol–water partition coefficient (Wildman–Crippen LogP) is 2.92. The molecule has 0 fully saturated rings. The number of quaternary nitrogens is 1. The fourth-order valence-corrected chi connectivity index (χ4v) is 7.14. The van der Waals surface area contributed by atoms with Gasteiger partial charge < -0.3 is 35.9 Å². The van der Waals surface area contributed by atoms with Gasteiger partial charge in [0.05, 0.1) is 13.1 Å². The molecule has 3 amide bonds. The molecule has 11 N–H and O–H groups in total. The first kappa shape index (κ1) is 46.9. The highest BCUT2D eigenvalue weighted by atomic mass is 16.5. The Morgan fingerprint density at radius 1 is 0.667 bits per heavy atom. The number of esters is 1. The SMILES string of the molecule is C=CCOc1ccc2ccccc2c1-c1c(OCC(=O)N[C@H](CCCC[NH3+])C(=O)N[C@H](CCC[NH+]=C(N)N)C(=O)N[C@@H](CC=C)C(=O)OCc2ccccc2)ccc2ccccc12. The van der Waals surface area contributed by atoms with Crippen LogP contribution in [0.2, 0.25) is 0 Å². The van der Waals surface area contributed by atoms with Gasteiger partial charge in [-0.2, -0.15) is 0 Å². The van der Waals surface area contributed by atoms with Gasteiger partial charge in [0.25, 0.3) is 5.91 Å². The first-order chi connectivity index (χ1) is 30.6. The highest BCUT2D eigenvalue weighted by molar-refractivity contribution is 6.10. The lowest BCUT2D eigenvalue weighted by Crippen LogP contribution is -2.78. The number of ether oxygens (including phenoxy) is 3. The molecule has 5 rings (SSSR count). The zero-order valence-electron chi connectivity index (χ0n) is 35.6. The highest BCUT2D eigenvalue weighted by Crippen LogP contribution is 2.45. The van der Waals surface area contributed by atoms with Gasteiger partial charge in [-0.25, -0.2) is 4.79 Å². The molecule has 0 unspecified atom stereocenters. The van der Waals surface area contributed by atoms with Gasteiger partial charge in [0, 0.05) is 11.1 Å². The van der Waals surface area contributed by atoms with E-state index in [0.29, 0.717) is 43.9 Å². The maximum Gasteiger partial charge on any atom is 0.338 e. The Morgan fingerprint density at radius 3 is 1.84 bits per heavy atom. The minimum absolute atomic E-state index is 0.0112. The smallest absolute Gasteiger partial charge is 0.338 e. The van der Waals surface area contributed by atoms with E-state index < -0.39 is 48.4 Å². The molecule has 14 heteroatoms. The Morgan fingerprint density at radius 2 is 1.24 bits per heavy atom. The minimum atomic E-state index is -1.10. The van der Waals surface area contributed by atoms with Crippen molar-refractivity contribution in [3.63, 3.8) is 0 Å². The van der Waals surface area contributed by atoms with Crippen LogP contribution < -0.4 is 47.6 Å². The van der Waals surface area contributed by atoms with Crippen molar-refractivity contribution in [2.75, 3.05) is 26.3 Å². The van der Waals surface area contributed by atoms with Gasteiger partial charge in [-0.3, -0.25) is 30.8 Å². The number of nitrogens with two attached hydrogens (primary N) is 2. The molecule has 0 aromatic heterocycles. The van der Waals surface area contributed by atoms with Gasteiger partial charge in [0.15, 0.2) is 6.61 Å². The van der Waals surface area contributed by atoms with Crippen molar-refractivity contribution < 1.29 is 44.1 Å². The standard InChI is InChI=1S/C49H57N7O7/c1-3-15-40(48(60)63-31-33-16-6-5-7-17-33)56-47(59)39(23-14-29-53-49(51)52)55-46(58)38(22-12-13-28-50)54-43(57)32-62-42-27-25-35-19-9-11-21-37(35)45(42)44-36-20-10-8-18-34(36)24-26-41(44)61-30-4-2/h3-11,16-21,24-27,38-40H,1-2,12-15,22-23,28-32,50H2,(H,54,57)(H,55,58)(H,56,59)(H4,51,52,53)/p+2/t38-,39-,40+/m1/s1. The number of benzene rings is 5.